The van der Waals surface area contributed by atoms with Gasteiger partial charge in [-0.25, -0.2) is 4.79 Å². The molecular weight excluding hydrogens is 402 g/mol. The summed E-state index contributed by atoms with van der Waals surface area (Å²) in [6, 6.07) is 22.3. The van der Waals surface area contributed by atoms with Crippen molar-refractivity contribution in [2.75, 3.05) is 10.6 Å². The summed E-state index contributed by atoms with van der Waals surface area (Å²) in [6.45, 7) is 1.98. The predicted molar refractivity (Wildman–Crippen MR) is 123 cm³/mol. The highest BCUT2D eigenvalue weighted by atomic mass is 16.2. The summed E-state index contributed by atoms with van der Waals surface area (Å²) >= 11 is 0. The first-order chi connectivity index (χ1) is 15.7. The van der Waals surface area contributed by atoms with Gasteiger partial charge in [0.05, 0.1) is 5.69 Å². The van der Waals surface area contributed by atoms with E-state index in [0.29, 0.717) is 17.2 Å². The Bertz CT molecular complexity index is 1410. The van der Waals surface area contributed by atoms with E-state index in [1.54, 1.807) is 16.9 Å². The standard InChI is InChI=1S/C24H19N7O/c1-16-5-2-8-19(13-16)26-24(32)27-20-9-3-6-17(14-20)21-10-11-22-28-29-23(31(22)30-21)18-7-4-12-25-15-18/h2-15H,1H3,(H2,26,27,32). The summed E-state index contributed by atoms with van der Waals surface area (Å²) in [5, 5.41) is 18.9. The summed E-state index contributed by atoms with van der Waals surface area (Å²) in [4.78, 5) is 16.6. The molecule has 8 heteroatoms. The van der Waals surface area contributed by atoms with E-state index in [1.807, 2.05) is 79.7 Å². The number of anilines is 2. The number of hydrogen-bond donors (Lipinski definition) is 2. The Hall–Kier alpha value is -4.59. The van der Waals surface area contributed by atoms with Crippen molar-refractivity contribution in [3.63, 3.8) is 0 Å². The van der Waals surface area contributed by atoms with Gasteiger partial charge in [0.25, 0.3) is 0 Å². The number of pyridine rings is 1. The van der Waals surface area contributed by atoms with Gasteiger partial charge >= 0.3 is 6.03 Å². The van der Waals surface area contributed by atoms with Crippen molar-refractivity contribution in [3.05, 3.63) is 90.8 Å². The van der Waals surface area contributed by atoms with Crippen molar-refractivity contribution in [3.8, 4) is 22.6 Å². The first-order valence-electron chi connectivity index (χ1n) is 10.0. The number of rotatable bonds is 4. The van der Waals surface area contributed by atoms with Gasteiger partial charge in [0.1, 0.15) is 0 Å². The zero-order chi connectivity index (χ0) is 21.9. The van der Waals surface area contributed by atoms with Crippen LogP contribution >= 0.6 is 0 Å². The van der Waals surface area contributed by atoms with Gasteiger partial charge < -0.3 is 10.6 Å². The van der Waals surface area contributed by atoms with Crippen molar-refractivity contribution >= 4 is 23.1 Å². The zero-order valence-electron chi connectivity index (χ0n) is 17.2. The molecule has 2 amide bonds. The number of aromatic nitrogens is 5. The minimum atomic E-state index is -0.311. The molecule has 5 rings (SSSR count). The molecule has 2 aromatic carbocycles. The molecule has 0 fully saturated rings. The summed E-state index contributed by atoms with van der Waals surface area (Å²) in [5.74, 6) is 0.613. The highest BCUT2D eigenvalue weighted by molar-refractivity contribution is 6.00. The number of carbonyl (C=O) groups excluding carboxylic acids is 1. The number of hydrogen-bond acceptors (Lipinski definition) is 5. The lowest BCUT2D eigenvalue weighted by Crippen LogP contribution is -2.19. The maximum absolute atomic E-state index is 12.4. The molecule has 3 heterocycles. The lowest BCUT2D eigenvalue weighted by Gasteiger charge is -2.10. The number of fused-ring (bicyclic) bond motifs is 1. The van der Waals surface area contributed by atoms with E-state index in [-0.39, 0.29) is 6.03 Å². The van der Waals surface area contributed by atoms with Crippen LogP contribution in [0.2, 0.25) is 0 Å². The van der Waals surface area contributed by atoms with Crippen molar-refractivity contribution < 1.29 is 4.79 Å². The topological polar surface area (TPSA) is 97.1 Å². The average Bonchev–Trinajstić information content (AvgIpc) is 3.23. The van der Waals surface area contributed by atoms with E-state index in [9.17, 15) is 4.79 Å². The van der Waals surface area contributed by atoms with Gasteiger partial charge in [-0.2, -0.15) is 9.61 Å². The first-order valence-corrected chi connectivity index (χ1v) is 10.0. The molecular formula is C24H19N7O. The molecule has 0 bridgehead atoms. The highest BCUT2D eigenvalue weighted by Gasteiger charge is 2.11. The van der Waals surface area contributed by atoms with E-state index in [1.165, 1.54) is 0 Å². The largest absolute Gasteiger partial charge is 0.323 e. The lowest BCUT2D eigenvalue weighted by molar-refractivity contribution is 0.262. The van der Waals surface area contributed by atoms with Crippen LogP contribution in [0.25, 0.3) is 28.3 Å². The van der Waals surface area contributed by atoms with Crippen molar-refractivity contribution in [1.29, 1.82) is 0 Å². The van der Waals surface area contributed by atoms with Gasteiger partial charge in [-0.1, -0.05) is 24.3 Å². The predicted octanol–water partition coefficient (Wildman–Crippen LogP) is 4.81. The van der Waals surface area contributed by atoms with Gasteiger partial charge in [-0.05, 0) is 61.0 Å². The van der Waals surface area contributed by atoms with E-state index in [0.717, 1.165) is 28.1 Å². The minimum absolute atomic E-state index is 0.311. The molecule has 0 aliphatic carbocycles. The second-order valence-corrected chi connectivity index (χ2v) is 7.28. The normalized spacial score (nSPS) is 10.8. The highest BCUT2D eigenvalue weighted by Crippen LogP contribution is 2.23. The monoisotopic (exact) mass is 421 g/mol. The second kappa shape index (κ2) is 8.27. The Morgan fingerprint density at radius 1 is 0.844 bits per heavy atom. The van der Waals surface area contributed by atoms with Crippen LogP contribution in [0.4, 0.5) is 16.2 Å². The van der Waals surface area contributed by atoms with Crippen LogP contribution in [-0.2, 0) is 0 Å². The maximum Gasteiger partial charge on any atom is 0.323 e. The molecule has 0 aliphatic rings. The Balaban J connectivity index is 1.41. The zero-order valence-corrected chi connectivity index (χ0v) is 17.2. The van der Waals surface area contributed by atoms with Gasteiger partial charge in [0.15, 0.2) is 11.5 Å². The van der Waals surface area contributed by atoms with E-state index < -0.39 is 0 Å². The molecule has 2 N–H and O–H groups in total. The molecule has 0 spiro atoms. The Kier molecular flexibility index (Phi) is 5.01. The van der Waals surface area contributed by atoms with Gasteiger partial charge in [0, 0.05) is 34.9 Å². The number of nitrogens with zero attached hydrogens (tertiary/aromatic N) is 5. The molecule has 0 atom stereocenters. The fourth-order valence-corrected chi connectivity index (χ4v) is 3.39. The third-order valence-corrected chi connectivity index (χ3v) is 4.87. The number of benzene rings is 2. The molecule has 156 valence electrons. The molecule has 32 heavy (non-hydrogen) atoms. The van der Waals surface area contributed by atoms with Crippen LogP contribution in [0, 0.1) is 6.92 Å². The molecule has 0 aliphatic heterocycles. The second-order valence-electron chi connectivity index (χ2n) is 7.28. The van der Waals surface area contributed by atoms with E-state index >= 15 is 0 Å². The van der Waals surface area contributed by atoms with Crippen LogP contribution in [-0.4, -0.2) is 30.8 Å². The Labute approximate surface area is 184 Å². The number of carbonyl (C=O) groups is 1. The number of urea groups is 1. The van der Waals surface area contributed by atoms with Crippen LogP contribution in [0.3, 0.4) is 0 Å². The molecule has 0 radical (unpaired) electrons. The first kappa shape index (κ1) is 19.4. The molecule has 0 unspecified atom stereocenters. The van der Waals surface area contributed by atoms with Crippen LogP contribution in [0.1, 0.15) is 5.56 Å². The van der Waals surface area contributed by atoms with Crippen molar-refractivity contribution in [2.24, 2.45) is 0 Å². The Morgan fingerprint density at radius 3 is 2.41 bits per heavy atom. The van der Waals surface area contributed by atoms with E-state index in [2.05, 4.69) is 25.8 Å². The van der Waals surface area contributed by atoms with Gasteiger partial charge in [0.2, 0.25) is 0 Å². The fourth-order valence-electron chi connectivity index (χ4n) is 3.39. The lowest BCUT2D eigenvalue weighted by atomic mass is 10.1. The summed E-state index contributed by atoms with van der Waals surface area (Å²) in [7, 11) is 0. The fraction of sp³-hybridized carbons (Fsp3) is 0.0417. The third kappa shape index (κ3) is 4.01. The summed E-state index contributed by atoms with van der Waals surface area (Å²) < 4.78 is 1.69. The SMILES string of the molecule is Cc1cccc(NC(=O)Nc2cccc(-c3ccc4nnc(-c5cccnc5)n4n3)c2)c1. The Morgan fingerprint density at radius 2 is 1.62 bits per heavy atom. The molecule has 0 saturated heterocycles. The molecule has 3 aromatic heterocycles. The molecule has 0 saturated carbocycles. The quantitative estimate of drug-likeness (QED) is 0.434. The van der Waals surface area contributed by atoms with Crippen molar-refractivity contribution in [1.82, 2.24) is 24.8 Å². The van der Waals surface area contributed by atoms with Crippen LogP contribution < -0.4 is 10.6 Å². The van der Waals surface area contributed by atoms with Crippen LogP contribution in [0.15, 0.2) is 85.2 Å². The molecule has 8 nitrogen and oxygen atoms in total. The summed E-state index contributed by atoms with van der Waals surface area (Å²) in [5.41, 5.74) is 5.52. The number of nitrogens with one attached hydrogen (secondary N) is 2. The van der Waals surface area contributed by atoms with Crippen molar-refractivity contribution in [2.45, 2.75) is 6.92 Å². The van der Waals surface area contributed by atoms with Crippen LogP contribution in [0.5, 0.6) is 0 Å². The maximum atomic E-state index is 12.4. The number of aryl methyl sites for hydroxylation is 1. The third-order valence-electron chi connectivity index (χ3n) is 4.87. The van der Waals surface area contributed by atoms with E-state index in [4.69, 9.17) is 5.10 Å². The van der Waals surface area contributed by atoms with Gasteiger partial charge in [-0.3, -0.25) is 4.98 Å². The minimum Gasteiger partial charge on any atom is -0.308 e. The molecule has 5 aromatic rings. The van der Waals surface area contributed by atoms with Gasteiger partial charge in [-0.15, -0.1) is 10.2 Å². The average molecular weight is 421 g/mol. The smallest absolute Gasteiger partial charge is 0.308 e. The number of amides is 2. The summed E-state index contributed by atoms with van der Waals surface area (Å²) in [6.07, 6.45) is 3.43.